The minimum Gasteiger partial charge on any atom is -0.352 e. The number of halogens is 1. The van der Waals surface area contributed by atoms with Gasteiger partial charge in [0.05, 0.1) is 0 Å². The van der Waals surface area contributed by atoms with E-state index in [2.05, 4.69) is 17.4 Å². The minimum atomic E-state index is -0.342. The van der Waals surface area contributed by atoms with Gasteiger partial charge in [0.25, 0.3) is 0 Å². The Kier molecular flexibility index (Phi) is 6.06. The summed E-state index contributed by atoms with van der Waals surface area (Å²) in [4.78, 5) is 27.9. The largest absolute Gasteiger partial charge is 0.352 e. The lowest BCUT2D eigenvalue weighted by Crippen LogP contribution is -2.42. The molecular formula is C21H24FN3O2. The number of hydrogen-bond donors (Lipinski definition) is 1. The summed E-state index contributed by atoms with van der Waals surface area (Å²) in [5.41, 5.74) is 1.88. The van der Waals surface area contributed by atoms with Crippen LogP contribution in [0.2, 0.25) is 0 Å². The Morgan fingerprint density at radius 1 is 1.11 bits per heavy atom. The summed E-state index contributed by atoms with van der Waals surface area (Å²) in [5, 5.41) is 2.96. The van der Waals surface area contributed by atoms with E-state index in [-0.39, 0.29) is 30.3 Å². The second-order valence-corrected chi connectivity index (χ2v) is 6.83. The molecule has 2 aromatic rings. The summed E-state index contributed by atoms with van der Waals surface area (Å²) in [6.45, 7) is 2.97. The number of aryl methyl sites for hydroxylation is 1. The smallest absolute Gasteiger partial charge is 0.325 e. The average Bonchev–Trinajstić information content (AvgIpc) is 3.02. The number of anilines is 1. The highest BCUT2D eigenvalue weighted by atomic mass is 19.1. The van der Waals surface area contributed by atoms with Crippen LogP contribution in [-0.4, -0.2) is 42.5 Å². The van der Waals surface area contributed by atoms with Crippen LogP contribution in [0.4, 0.5) is 14.9 Å². The summed E-state index contributed by atoms with van der Waals surface area (Å²) >= 11 is 0. The molecule has 1 saturated heterocycles. The summed E-state index contributed by atoms with van der Waals surface area (Å²) in [7, 11) is 0. The van der Waals surface area contributed by atoms with Crippen molar-refractivity contribution in [3.63, 3.8) is 0 Å². The monoisotopic (exact) mass is 369 g/mol. The third-order valence-electron chi connectivity index (χ3n) is 4.68. The number of carbonyl (C=O) groups excluding carboxylic acids is 2. The third kappa shape index (κ3) is 5.06. The molecule has 1 heterocycles. The molecule has 3 amide bonds. The van der Waals surface area contributed by atoms with E-state index in [4.69, 9.17) is 0 Å². The SMILES string of the molecule is CC(CCc1ccccc1)NC(=O)CN1CCN(c2ccc(F)cc2)C1=O. The molecule has 5 nitrogen and oxygen atoms in total. The molecular weight excluding hydrogens is 345 g/mol. The third-order valence-corrected chi connectivity index (χ3v) is 4.68. The molecule has 0 spiro atoms. The van der Waals surface area contributed by atoms with Crippen LogP contribution in [0.5, 0.6) is 0 Å². The van der Waals surface area contributed by atoms with Gasteiger partial charge in [-0.2, -0.15) is 0 Å². The predicted octanol–water partition coefficient (Wildman–Crippen LogP) is 3.21. The van der Waals surface area contributed by atoms with Crippen molar-refractivity contribution >= 4 is 17.6 Å². The number of benzene rings is 2. The van der Waals surface area contributed by atoms with Crippen molar-refractivity contribution in [2.45, 2.75) is 25.8 Å². The van der Waals surface area contributed by atoms with Gasteiger partial charge in [0.1, 0.15) is 12.4 Å². The van der Waals surface area contributed by atoms with E-state index in [0.29, 0.717) is 18.8 Å². The Balaban J connectivity index is 1.46. The fourth-order valence-corrected chi connectivity index (χ4v) is 3.18. The Hall–Kier alpha value is -2.89. The lowest BCUT2D eigenvalue weighted by Gasteiger charge is -2.20. The van der Waals surface area contributed by atoms with Gasteiger partial charge < -0.3 is 10.2 Å². The quantitative estimate of drug-likeness (QED) is 0.815. The number of nitrogens with one attached hydrogen (secondary N) is 1. The van der Waals surface area contributed by atoms with Crippen molar-refractivity contribution in [1.29, 1.82) is 0 Å². The highest BCUT2D eigenvalue weighted by molar-refractivity contribution is 5.96. The maximum absolute atomic E-state index is 13.0. The van der Waals surface area contributed by atoms with Gasteiger partial charge in [-0.3, -0.25) is 9.69 Å². The molecule has 1 unspecified atom stereocenters. The number of nitrogens with zero attached hydrogens (tertiary/aromatic N) is 2. The van der Waals surface area contributed by atoms with Crippen molar-refractivity contribution in [3.8, 4) is 0 Å². The number of hydrogen-bond acceptors (Lipinski definition) is 2. The average molecular weight is 369 g/mol. The van der Waals surface area contributed by atoms with Gasteiger partial charge >= 0.3 is 6.03 Å². The van der Waals surface area contributed by atoms with E-state index >= 15 is 0 Å². The van der Waals surface area contributed by atoms with E-state index in [9.17, 15) is 14.0 Å². The fourth-order valence-electron chi connectivity index (χ4n) is 3.18. The molecule has 0 radical (unpaired) electrons. The molecule has 2 aromatic carbocycles. The predicted molar refractivity (Wildman–Crippen MR) is 103 cm³/mol. The van der Waals surface area contributed by atoms with E-state index in [1.165, 1.54) is 22.6 Å². The zero-order chi connectivity index (χ0) is 19.2. The molecule has 0 bridgehead atoms. The molecule has 142 valence electrons. The zero-order valence-electron chi connectivity index (χ0n) is 15.4. The standard InChI is InChI=1S/C21H24FN3O2/c1-16(7-8-17-5-3-2-4-6-17)23-20(26)15-24-13-14-25(21(24)27)19-11-9-18(22)10-12-19/h2-6,9-12,16H,7-8,13-15H2,1H3,(H,23,26). The van der Waals surface area contributed by atoms with Crippen LogP contribution >= 0.6 is 0 Å². The van der Waals surface area contributed by atoms with Crippen LogP contribution in [0.1, 0.15) is 18.9 Å². The summed E-state index contributed by atoms with van der Waals surface area (Å²) in [6.07, 6.45) is 1.73. The van der Waals surface area contributed by atoms with E-state index in [1.54, 1.807) is 17.0 Å². The number of rotatable bonds is 7. The molecule has 1 N–H and O–H groups in total. The zero-order valence-corrected chi connectivity index (χ0v) is 15.4. The first-order chi connectivity index (χ1) is 13.0. The van der Waals surface area contributed by atoms with E-state index in [0.717, 1.165) is 12.8 Å². The molecule has 1 aliphatic rings. The summed E-state index contributed by atoms with van der Waals surface area (Å²) < 4.78 is 13.0. The van der Waals surface area contributed by atoms with Crippen LogP contribution in [0, 0.1) is 5.82 Å². The van der Waals surface area contributed by atoms with E-state index < -0.39 is 0 Å². The van der Waals surface area contributed by atoms with Gasteiger partial charge in [-0.15, -0.1) is 0 Å². The molecule has 1 atom stereocenters. The van der Waals surface area contributed by atoms with Crippen molar-refractivity contribution in [3.05, 3.63) is 66.0 Å². The molecule has 1 fully saturated rings. The highest BCUT2D eigenvalue weighted by Crippen LogP contribution is 2.20. The van der Waals surface area contributed by atoms with Gasteiger partial charge in [0.2, 0.25) is 5.91 Å². The maximum atomic E-state index is 13.0. The van der Waals surface area contributed by atoms with Gasteiger partial charge in [0, 0.05) is 24.8 Å². The van der Waals surface area contributed by atoms with Crippen molar-refractivity contribution in [1.82, 2.24) is 10.2 Å². The normalized spacial score (nSPS) is 15.1. The second kappa shape index (κ2) is 8.66. The van der Waals surface area contributed by atoms with Crippen molar-refractivity contribution in [2.75, 3.05) is 24.5 Å². The van der Waals surface area contributed by atoms with Crippen LogP contribution < -0.4 is 10.2 Å². The van der Waals surface area contributed by atoms with Crippen LogP contribution in [0.3, 0.4) is 0 Å². The summed E-state index contributed by atoms with van der Waals surface area (Å²) in [6, 6.07) is 15.7. The van der Waals surface area contributed by atoms with Gasteiger partial charge in [-0.05, 0) is 49.6 Å². The lowest BCUT2D eigenvalue weighted by atomic mass is 10.1. The first kappa shape index (κ1) is 18.9. The fraction of sp³-hybridized carbons (Fsp3) is 0.333. The first-order valence-electron chi connectivity index (χ1n) is 9.18. The molecule has 0 saturated carbocycles. The van der Waals surface area contributed by atoms with Crippen LogP contribution in [0.15, 0.2) is 54.6 Å². The Morgan fingerprint density at radius 2 is 1.81 bits per heavy atom. The minimum absolute atomic E-state index is 0.0311. The maximum Gasteiger partial charge on any atom is 0.325 e. The molecule has 1 aliphatic heterocycles. The summed E-state index contributed by atoms with van der Waals surface area (Å²) in [5.74, 6) is -0.504. The molecule has 3 rings (SSSR count). The van der Waals surface area contributed by atoms with Gasteiger partial charge in [0.15, 0.2) is 0 Å². The van der Waals surface area contributed by atoms with Gasteiger partial charge in [-0.25, -0.2) is 9.18 Å². The second-order valence-electron chi connectivity index (χ2n) is 6.83. The van der Waals surface area contributed by atoms with E-state index in [1.807, 2.05) is 25.1 Å². The number of amides is 3. The van der Waals surface area contributed by atoms with Crippen LogP contribution in [0.25, 0.3) is 0 Å². The first-order valence-corrected chi connectivity index (χ1v) is 9.18. The highest BCUT2D eigenvalue weighted by Gasteiger charge is 2.30. The molecule has 0 aliphatic carbocycles. The van der Waals surface area contributed by atoms with Crippen molar-refractivity contribution in [2.24, 2.45) is 0 Å². The Bertz CT molecular complexity index is 780. The van der Waals surface area contributed by atoms with Crippen molar-refractivity contribution < 1.29 is 14.0 Å². The molecule has 27 heavy (non-hydrogen) atoms. The molecule has 6 heteroatoms. The lowest BCUT2D eigenvalue weighted by molar-refractivity contribution is -0.122. The number of carbonyl (C=O) groups is 2. The number of urea groups is 1. The van der Waals surface area contributed by atoms with Gasteiger partial charge in [-0.1, -0.05) is 30.3 Å². The Morgan fingerprint density at radius 3 is 2.52 bits per heavy atom. The van der Waals surface area contributed by atoms with Crippen LogP contribution in [-0.2, 0) is 11.2 Å². The molecule has 0 aromatic heterocycles. The topological polar surface area (TPSA) is 52.7 Å². The Labute approximate surface area is 158 Å².